The number of nitrogens with zero attached hydrogens (tertiary/aromatic N) is 3. The van der Waals surface area contributed by atoms with Gasteiger partial charge in [-0.3, -0.25) is 9.69 Å². The maximum atomic E-state index is 10.7. The Hall–Kier alpha value is -1.93. The van der Waals surface area contributed by atoms with Gasteiger partial charge >= 0.3 is 5.97 Å². The van der Waals surface area contributed by atoms with Gasteiger partial charge in [0.1, 0.15) is 11.8 Å². The lowest BCUT2D eigenvalue weighted by atomic mass is 10.1. The number of hydrogen-bond acceptors (Lipinski definition) is 4. The molecule has 5 heteroatoms. The van der Waals surface area contributed by atoms with Crippen molar-refractivity contribution in [3.63, 3.8) is 0 Å². The number of carbonyl (C=O) groups is 1. The van der Waals surface area contributed by atoms with Crippen molar-refractivity contribution in [1.29, 1.82) is 5.26 Å². The van der Waals surface area contributed by atoms with Gasteiger partial charge in [-0.05, 0) is 19.5 Å². The van der Waals surface area contributed by atoms with Gasteiger partial charge in [0.05, 0.1) is 6.42 Å². The lowest BCUT2D eigenvalue weighted by molar-refractivity contribution is -0.138. The summed E-state index contributed by atoms with van der Waals surface area (Å²) in [4.78, 5) is 16.7. The molecule has 0 radical (unpaired) electrons. The zero-order valence-electron chi connectivity index (χ0n) is 10.6. The number of rotatable bonds is 6. The fourth-order valence-electron chi connectivity index (χ4n) is 1.85. The zero-order valence-corrected chi connectivity index (χ0v) is 10.6. The van der Waals surface area contributed by atoms with Gasteiger partial charge in [-0.1, -0.05) is 13.0 Å². The molecule has 0 saturated heterocycles. The molecule has 1 aromatic rings. The molecule has 1 atom stereocenters. The van der Waals surface area contributed by atoms with E-state index in [0.717, 1.165) is 12.1 Å². The first-order chi connectivity index (χ1) is 8.58. The highest BCUT2D eigenvalue weighted by atomic mass is 16.4. The van der Waals surface area contributed by atoms with Crippen molar-refractivity contribution in [1.82, 2.24) is 9.88 Å². The molecule has 0 aliphatic carbocycles. The summed E-state index contributed by atoms with van der Waals surface area (Å²) in [6, 6.07) is 5.61. The minimum Gasteiger partial charge on any atom is -0.481 e. The largest absolute Gasteiger partial charge is 0.481 e. The fraction of sp³-hybridized carbons (Fsp3) is 0.462. The highest BCUT2D eigenvalue weighted by Gasteiger charge is 2.17. The summed E-state index contributed by atoms with van der Waals surface area (Å²) in [6.45, 7) is 5.12. The number of hydrogen-bond donors (Lipinski definition) is 1. The van der Waals surface area contributed by atoms with Crippen molar-refractivity contribution in [2.75, 3.05) is 6.54 Å². The highest BCUT2D eigenvalue weighted by molar-refractivity contribution is 5.67. The normalized spacial score (nSPS) is 12.1. The molecule has 0 amide bonds. The number of carboxylic acid groups (broad SMARTS) is 1. The summed E-state index contributed by atoms with van der Waals surface area (Å²) < 4.78 is 0. The summed E-state index contributed by atoms with van der Waals surface area (Å²) >= 11 is 0. The fourth-order valence-corrected chi connectivity index (χ4v) is 1.85. The molecular weight excluding hydrogens is 230 g/mol. The van der Waals surface area contributed by atoms with Crippen LogP contribution in [-0.4, -0.2) is 33.5 Å². The summed E-state index contributed by atoms with van der Waals surface area (Å²) in [6.07, 6.45) is 1.68. The first-order valence-corrected chi connectivity index (χ1v) is 5.88. The molecule has 1 N–H and O–H groups in total. The van der Waals surface area contributed by atoms with Crippen molar-refractivity contribution in [3.8, 4) is 6.07 Å². The van der Waals surface area contributed by atoms with Gasteiger partial charge in [0, 0.05) is 24.3 Å². The second-order valence-electron chi connectivity index (χ2n) is 4.13. The Morgan fingerprint density at radius 1 is 1.67 bits per heavy atom. The van der Waals surface area contributed by atoms with E-state index in [0.29, 0.717) is 12.2 Å². The SMILES string of the molecule is CCN(Cc1cccnc1C#N)C(C)CC(=O)O. The Morgan fingerprint density at radius 2 is 2.39 bits per heavy atom. The maximum Gasteiger partial charge on any atom is 0.304 e. The van der Waals surface area contributed by atoms with Crippen molar-refractivity contribution >= 4 is 5.97 Å². The highest BCUT2D eigenvalue weighted by Crippen LogP contribution is 2.12. The van der Waals surface area contributed by atoms with Crippen molar-refractivity contribution in [2.24, 2.45) is 0 Å². The van der Waals surface area contributed by atoms with E-state index >= 15 is 0 Å². The number of pyridine rings is 1. The molecule has 1 unspecified atom stereocenters. The van der Waals surface area contributed by atoms with E-state index in [1.807, 2.05) is 24.8 Å². The second kappa shape index (κ2) is 6.72. The molecule has 0 bridgehead atoms. The quantitative estimate of drug-likeness (QED) is 0.826. The summed E-state index contributed by atoms with van der Waals surface area (Å²) in [7, 11) is 0. The van der Waals surface area contributed by atoms with E-state index in [1.165, 1.54) is 0 Å². The van der Waals surface area contributed by atoms with Crippen LogP contribution in [0.15, 0.2) is 18.3 Å². The second-order valence-corrected chi connectivity index (χ2v) is 4.13. The number of aromatic nitrogens is 1. The lowest BCUT2D eigenvalue weighted by Crippen LogP contribution is -2.34. The number of nitriles is 1. The van der Waals surface area contributed by atoms with Gasteiger partial charge in [0.2, 0.25) is 0 Å². The third-order valence-electron chi connectivity index (χ3n) is 2.87. The molecule has 96 valence electrons. The van der Waals surface area contributed by atoms with E-state index in [9.17, 15) is 4.79 Å². The molecule has 1 aromatic heterocycles. The Kier molecular flexibility index (Phi) is 5.28. The first-order valence-electron chi connectivity index (χ1n) is 5.88. The molecule has 0 aromatic carbocycles. The average Bonchev–Trinajstić information content (AvgIpc) is 2.35. The number of carboxylic acids is 1. The van der Waals surface area contributed by atoms with E-state index < -0.39 is 5.97 Å². The van der Waals surface area contributed by atoms with E-state index in [-0.39, 0.29) is 12.5 Å². The van der Waals surface area contributed by atoms with Gasteiger partial charge in [-0.15, -0.1) is 0 Å². The van der Waals surface area contributed by atoms with Crippen LogP contribution in [0.25, 0.3) is 0 Å². The van der Waals surface area contributed by atoms with E-state index in [2.05, 4.69) is 11.1 Å². The predicted molar refractivity (Wildman–Crippen MR) is 66.8 cm³/mol. The predicted octanol–water partition coefficient (Wildman–Crippen LogP) is 1.64. The van der Waals surface area contributed by atoms with Crippen LogP contribution in [0.4, 0.5) is 0 Å². The standard InChI is InChI=1S/C13H17N3O2/c1-3-16(10(2)7-13(17)18)9-11-5-4-6-15-12(11)8-14/h4-6,10H,3,7,9H2,1-2H3,(H,17,18). The van der Waals surface area contributed by atoms with Crippen LogP contribution in [0.3, 0.4) is 0 Å². The molecule has 0 aliphatic rings. The van der Waals surface area contributed by atoms with Crippen molar-refractivity contribution in [3.05, 3.63) is 29.6 Å². The molecule has 1 rings (SSSR count). The van der Waals surface area contributed by atoms with E-state index in [4.69, 9.17) is 10.4 Å². The minimum atomic E-state index is -0.812. The van der Waals surface area contributed by atoms with Crippen LogP contribution < -0.4 is 0 Å². The first kappa shape index (κ1) is 14.1. The van der Waals surface area contributed by atoms with Crippen LogP contribution in [0.2, 0.25) is 0 Å². The van der Waals surface area contributed by atoms with Crippen LogP contribution >= 0.6 is 0 Å². The van der Waals surface area contributed by atoms with Crippen LogP contribution in [0.5, 0.6) is 0 Å². The monoisotopic (exact) mass is 247 g/mol. The average molecular weight is 247 g/mol. The molecule has 0 fully saturated rings. The third-order valence-corrected chi connectivity index (χ3v) is 2.87. The molecule has 1 heterocycles. The van der Waals surface area contributed by atoms with Gasteiger partial charge in [0.25, 0.3) is 0 Å². The molecule has 18 heavy (non-hydrogen) atoms. The van der Waals surface area contributed by atoms with Crippen molar-refractivity contribution < 1.29 is 9.90 Å². The van der Waals surface area contributed by atoms with Crippen LogP contribution in [0.1, 0.15) is 31.5 Å². The van der Waals surface area contributed by atoms with Gasteiger partial charge < -0.3 is 5.11 Å². The third kappa shape index (κ3) is 3.82. The minimum absolute atomic E-state index is 0.0701. The lowest BCUT2D eigenvalue weighted by Gasteiger charge is -2.26. The topological polar surface area (TPSA) is 77.2 Å². The van der Waals surface area contributed by atoms with Crippen molar-refractivity contribution in [2.45, 2.75) is 32.9 Å². The van der Waals surface area contributed by atoms with Crippen LogP contribution in [0, 0.1) is 11.3 Å². The number of aliphatic carboxylic acids is 1. The van der Waals surface area contributed by atoms with Gasteiger partial charge in [0.15, 0.2) is 0 Å². The van der Waals surface area contributed by atoms with Gasteiger partial charge in [-0.25, -0.2) is 4.98 Å². The maximum absolute atomic E-state index is 10.7. The molecule has 0 aliphatic heterocycles. The summed E-state index contributed by atoms with van der Waals surface area (Å²) in [5.41, 5.74) is 1.23. The molecule has 0 saturated carbocycles. The summed E-state index contributed by atoms with van der Waals surface area (Å²) in [5, 5.41) is 17.8. The van der Waals surface area contributed by atoms with Gasteiger partial charge in [-0.2, -0.15) is 5.26 Å². The Morgan fingerprint density at radius 3 is 2.94 bits per heavy atom. The van der Waals surface area contributed by atoms with Crippen LogP contribution in [-0.2, 0) is 11.3 Å². The molecule has 5 nitrogen and oxygen atoms in total. The van der Waals surface area contributed by atoms with E-state index in [1.54, 1.807) is 12.3 Å². The summed E-state index contributed by atoms with van der Waals surface area (Å²) in [5.74, 6) is -0.812. The smallest absolute Gasteiger partial charge is 0.304 e. The molecule has 0 spiro atoms. The Labute approximate surface area is 107 Å². The Bertz CT molecular complexity index is 454. The molecular formula is C13H17N3O2. The Balaban J connectivity index is 2.80. The zero-order chi connectivity index (χ0) is 13.5.